The number of nitrogens with two attached hydrogens (primary N) is 1. The summed E-state index contributed by atoms with van der Waals surface area (Å²) in [5.74, 6) is -0.678. The Balaban J connectivity index is 2.56. The Morgan fingerprint density at radius 1 is 1.33 bits per heavy atom. The molecule has 3 N–H and O–H groups in total. The van der Waals surface area contributed by atoms with Crippen molar-refractivity contribution >= 4 is 11.9 Å². The number of carbonyl (C=O) groups is 2. The average molecular weight is 298 g/mol. The third-order valence-corrected chi connectivity index (χ3v) is 4.73. The summed E-state index contributed by atoms with van der Waals surface area (Å²) in [6.45, 7) is 7.80. The summed E-state index contributed by atoms with van der Waals surface area (Å²) in [7, 11) is 0. The maximum Gasteiger partial charge on any atom is 0.311 e. The van der Waals surface area contributed by atoms with Crippen LogP contribution in [0.15, 0.2) is 0 Å². The minimum atomic E-state index is -0.761. The highest BCUT2D eigenvalue weighted by atomic mass is 16.4. The van der Waals surface area contributed by atoms with Crippen LogP contribution in [-0.2, 0) is 9.59 Å². The number of rotatable bonds is 8. The zero-order chi connectivity index (χ0) is 16.1. The Labute approximate surface area is 127 Å². The molecule has 0 spiro atoms. The van der Waals surface area contributed by atoms with Gasteiger partial charge in [0.2, 0.25) is 5.91 Å². The SMILES string of the molecule is CCCC1(C(=O)O)CCN(C(=O)CCC(C)(C)CCN)C1. The maximum absolute atomic E-state index is 12.3. The van der Waals surface area contributed by atoms with E-state index in [2.05, 4.69) is 13.8 Å². The van der Waals surface area contributed by atoms with Gasteiger partial charge in [0.05, 0.1) is 5.41 Å². The summed E-state index contributed by atoms with van der Waals surface area (Å²) in [6, 6.07) is 0. The number of nitrogens with zero attached hydrogens (tertiary/aromatic N) is 1. The van der Waals surface area contributed by atoms with E-state index in [0.29, 0.717) is 38.9 Å². The van der Waals surface area contributed by atoms with E-state index in [0.717, 1.165) is 19.3 Å². The lowest BCUT2D eigenvalue weighted by Gasteiger charge is -2.26. The van der Waals surface area contributed by atoms with Crippen molar-refractivity contribution in [2.24, 2.45) is 16.6 Å². The molecule has 5 heteroatoms. The van der Waals surface area contributed by atoms with E-state index >= 15 is 0 Å². The summed E-state index contributed by atoms with van der Waals surface area (Å²) >= 11 is 0. The van der Waals surface area contributed by atoms with E-state index in [9.17, 15) is 14.7 Å². The van der Waals surface area contributed by atoms with Gasteiger partial charge in [0.1, 0.15) is 0 Å². The first kappa shape index (κ1) is 18.0. The topological polar surface area (TPSA) is 83.6 Å². The molecule has 1 atom stereocenters. The predicted molar refractivity (Wildman–Crippen MR) is 82.9 cm³/mol. The minimum Gasteiger partial charge on any atom is -0.481 e. The monoisotopic (exact) mass is 298 g/mol. The Bertz CT molecular complexity index is 382. The predicted octanol–water partition coefficient (Wildman–Crippen LogP) is 2.25. The molecular formula is C16H30N2O3. The molecule has 21 heavy (non-hydrogen) atoms. The number of hydrogen-bond acceptors (Lipinski definition) is 3. The zero-order valence-corrected chi connectivity index (χ0v) is 13.7. The van der Waals surface area contributed by atoms with Gasteiger partial charge in [0, 0.05) is 19.5 Å². The Morgan fingerprint density at radius 2 is 2.00 bits per heavy atom. The standard InChI is InChI=1S/C16H30N2O3/c1-4-6-16(14(20)21)9-11-18(12-16)13(19)5-7-15(2,3)8-10-17/h4-12,17H2,1-3H3,(H,20,21). The molecule has 0 aromatic rings. The van der Waals surface area contributed by atoms with Crippen molar-refractivity contribution in [3.8, 4) is 0 Å². The highest BCUT2D eigenvalue weighted by molar-refractivity contribution is 5.80. The molecule has 1 fully saturated rings. The molecule has 1 amide bonds. The quantitative estimate of drug-likeness (QED) is 0.720. The smallest absolute Gasteiger partial charge is 0.311 e. The van der Waals surface area contributed by atoms with Gasteiger partial charge in [-0.3, -0.25) is 9.59 Å². The number of amides is 1. The van der Waals surface area contributed by atoms with Gasteiger partial charge >= 0.3 is 5.97 Å². The van der Waals surface area contributed by atoms with Gasteiger partial charge in [0.15, 0.2) is 0 Å². The molecular weight excluding hydrogens is 268 g/mol. The molecule has 1 saturated heterocycles. The largest absolute Gasteiger partial charge is 0.481 e. The van der Waals surface area contributed by atoms with Gasteiger partial charge < -0.3 is 15.7 Å². The Kier molecular flexibility index (Phi) is 6.20. The van der Waals surface area contributed by atoms with Crippen molar-refractivity contribution in [2.45, 2.75) is 59.3 Å². The molecule has 1 aliphatic heterocycles. The van der Waals surface area contributed by atoms with Gasteiger partial charge in [-0.1, -0.05) is 27.2 Å². The van der Waals surface area contributed by atoms with Crippen LogP contribution in [0.1, 0.15) is 59.3 Å². The van der Waals surface area contributed by atoms with Crippen molar-refractivity contribution in [1.82, 2.24) is 4.90 Å². The molecule has 0 aromatic carbocycles. The summed E-state index contributed by atoms with van der Waals surface area (Å²) < 4.78 is 0. The highest BCUT2D eigenvalue weighted by Gasteiger charge is 2.45. The number of likely N-dealkylation sites (tertiary alicyclic amines) is 1. The van der Waals surface area contributed by atoms with Crippen LogP contribution >= 0.6 is 0 Å². The van der Waals surface area contributed by atoms with E-state index in [4.69, 9.17) is 5.73 Å². The van der Waals surface area contributed by atoms with Crippen molar-refractivity contribution in [1.29, 1.82) is 0 Å². The summed E-state index contributed by atoms with van der Waals surface area (Å²) in [5.41, 5.74) is 4.93. The van der Waals surface area contributed by atoms with Crippen LogP contribution in [-0.4, -0.2) is 41.5 Å². The first-order valence-corrected chi connectivity index (χ1v) is 7.97. The van der Waals surface area contributed by atoms with E-state index in [-0.39, 0.29) is 11.3 Å². The summed E-state index contributed by atoms with van der Waals surface area (Å²) in [4.78, 5) is 25.6. The molecule has 0 saturated carbocycles. The van der Waals surface area contributed by atoms with Gasteiger partial charge in [-0.05, 0) is 37.6 Å². The number of hydrogen-bond donors (Lipinski definition) is 2. The van der Waals surface area contributed by atoms with Gasteiger partial charge in [-0.25, -0.2) is 0 Å². The number of aliphatic carboxylic acids is 1. The molecule has 1 rings (SSSR count). The molecule has 1 heterocycles. The lowest BCUT2D eigenvalue weighted by molar-refractivity contribution is -0.149. The first-order chi connectivity index (χ1) is 9.76. The summed E-state index contributed by atoms with van der Waals surface area (Å²) in [5, 5.41) is 9.47. The van der Waals surface area contributed by atoms with Crippen LogP contribution < -0.4 is 5.73 Å². The molecule has 5 nitrogen and oxygen atoms in total. The van der Waals surface area contributed by atoms with Gasteiger partial charge in [-0.2, -0.15) is 0 Å². The molecule has 0 bridgehead atoms. The van der Waals surface area contributed by atoms with Crippen LogP contribution in [0.2, 0.25) is 0 Å². The normalized spacial score (nSPS) is 22.6. The molecule has 1 unspecified atom stereocenters. The molecule has 0 aliphatic carbocycles. The van der Waals surface area contributed by atoms with Gasteiger partial charge in [-0.15, -0.1) is 0 Å². The molecule has 0 aromatic heterocycles. The highest BCUT2D eigenvalue weighted by Crippen LogP contribution is 2.36. The minimum absolute atomic E-state index is 0.0669. The van der Waals surface area contributed by atoms with Crippen molar-refractivity contribution in [3.63, 3.8) is 0 Å². The lowest BCUT2D eigenvalue weighted by atomic mass is 9.82. The number of carboxylic acids is 1. The van der Waals surface area contributed by atoms with Crippen LogP contribution in [0.25, 0.3) is 0 Å². The van der Waals surface area contributed by atoms with E-state index in [1.807, 2.05) is 6.92 Å². The Morgan fingerprint density at radius 3 is 2.52 bits per heavy atom. The molecule has 0 radical (unpaired) electrons. The third-order valence-electron chi connectivity index (χ3n) is 4.73. The second-order valence-electron chi connectivity index (χ2n) is 7.10. The van der Waals surface area contributed by atoms with Crippen LogP contribution in [0.3, 0.4) is 0 Å². The lowest BCUT2D eigenvalue weighted by Crippen LogP contribution is -2.37. The Hall–Kier alpha value is -1.10. The van der Waals surface area contributed by atoms with Crippen LogP contribution in [0.5, 0.6) is 0 Å². The maximum atomic E-state index is 12.3. The van der Waals surface area contributed by atoms with Crippen LogP contribution in [0.4, 0.5) is 0 Å². The van der Waals surface area contributed by atoms with Crippen LogP contribution in [0, 0.1) is 10.8 Å². The fourth-order valence-corrected chi connectivity index (χ4v) is 3.17. The fourth-order valence-electron chi connectivity index (χ4n) is 3.17. The van der Waals surface area contributed by atoms with Crippen molar-refractivity contribution in [2.75, 3.05) is 19.6 Å². The van der Waals surface area contributed by atoms with E-state index in [1.165, 1.54) is 0 Å². The summed E-state index contributed by atoms with van der Waals surface area (Å²) in [6.07, 6.45) is 4.23. The van der Waals surface area contributed by atoms with Crippen molar-refractivity contribution < 1.29 is 14.7 Å². The van der Waals surface area contributed by atoms with E-state index < -0.39 is 11.4 Å². The number of carbonyl (C=O) groups excluding carboxylic acids is 1. The first-order valence-electron chi connectivity index (χ1n) is 7.97. The second kappa shape index (κ2) is 7.25. The zero-order valence-electron chi connectivity index (χ0n) is 13.7. The fraction of sp³-hybridized carbons (Fsp3) is 0.875. The second-order valence-corrected chi connectivity index (χ2v) is 7.10. The molecule has 1 aliphatic rings. The van der Waals surface area contributed by atoms with Crippen molar-refractivity contribution in [3.05, 3.63) is 0 Å². The average Bonchev–Trinajstić information content (AvgIpc) is 2.82. The van der Waals surface area contributed by atoms with Gasteiger partial charge in [0.25, 0.3) is 0 Å². The molecule has 122 valence electrons. The number of carboxylic acid groups (broad SMARTS) is 1. The van der Waals surface area contributed by atoms with E-state index in [1.54, 1.807) is 4.90 Å². The third kappa shape index (κ3) is 4.70.